The molecule has 0 atom stereocenters. The summed E-state index contributed by atoms with van der Waals surface area (Å²) in [4.78, 5) is 24.6. The third kappa shape index (κ3) is 3.53. The van der Waals surface area contributed by atoms with E-state index in [-0.39, 0.29) is 24.8 Å². The van der Waals surface area contributed by atoms with Crippen LogP contribution in [0.1, 0.15) is 41.8 Å². The average Bonchev–Trinajstić information content (AvgIpc) is 3.35. The van der Waals surface area contributed by atoms with Crippen molar-refractivity contribution < 1.29 is 19.1 Å². The highest BCUT2D eigenvalue weighted by molar-refractivity contribution is 7.12. The summed E-state index contributed by atoms with van der Waals surface area (Å²) in [6.07, 6.45) is 4.21. The molecule has 1 aliphatic carbocycles. The van der Waals surface area contributed by atoms with Crippen molar-refractivity contribution in [2.75, 3.05) is 11.9 Å². The van der Waals surface area contributed by atoms with Crippen LogP contribution < -0.4 is 20.1 Å². The van der Waals surface area contributed by atoms with Crippen LogP contribution in [-0.2, 0) is 4.79 Å². The molecule has 6 nitrogen and oxygen atoms in total. The number of fused-ring (bicyclic) bond motifs is 1. The molecule has 4 rings (SSSR count). The van der Waals surface area contributed by atoms with Crippen molar-refractivity contribution in [1.82, 2.24) is 5.32 Å². The van der Waals surface area contributed by atoms with E-state index in [1.54, 1.807) is 18.2 Å². The monoisotopic (exact) mass is 372 g/mol. The van der Waals surface area contributed by atoms with Crippen molar-refractivity contribution in [1.29, 1.82) is 0 Å². The number of ether oxygens (including phenoxy) is 2. The molecule has 2 aromatic rings. The summed E-state index contributed by atoms with van der Waals surface area (Å²) < 4.78 is 12.0. The summed E-state index contributed by atoms with van der Waals surface area (Å²) in [5, 5.41) is 7.42. The largest absolute Gasteiger partial charge is 0.448 e. The maximum Gasteiger partial charge on any atom is 0.261 e. The van der Waals surface area contributed by atoms with Gasteiger partial charge < -0.3 is 20.1 Å². The lowest BCUT2D eigenvalue weighted by Crippen LogP contribution is -2.34. The van der Waals surface area contributed by atoms with E-state index in [1.165, 1.54) is 11.3 Å². The van der Waals surface area contributed by atoms with Crippen LogP contribution >= 0.6 is 11.3 Å². The molecule has 26 heavy (non-hydrogen) atoms. The first-order valence-corrected chi connectivity index (χ1v) is 9.65. The van der Waals surface area contributed by atoms with E-state index < -0.39 is 5.79 Å². The van der Waals surface area contributed by atoms with Crippen molar-refractivity contribution in [3.8, 4) is 11.5 Å². The Morgan fingerprint density at radius 1 is 1.12 bits per heavy atom. The fourth-order valence-corrected chi connectivity index (χ4v) is 3.94. The van der Waals surface area contributed by atoms with Gasteiger partial charge in [0.05, 0.1) is 4.88 Å². The molecule has 2 aliphatic rings. The minimum Gasteiger partial charge on any atom is -0.448 e. The predicted octanol–water partition coefficient (Wildman–Crippen LogP) is 3.55. The third-order valence-electron chi connectivity index (χ3n) is 4.57. The van der Waals surface area contributed by atoms with Crippen LogP contribution in [-0.4, -0.2) is 24.1 Å². The van der Waals surface area contributed by atoms with E-state index in [2.05, 4.69) is 10.6 Å². The number of hydrogen-bond donors (Lipinski definition) is 2. The molecule has 1 fully saturated rings. The van der Waals surface area contributed by atoms with E-state index >= 15 is 0 Å². The third-order valence-corrected chi connectivity index (χ3v) is 5.44. The van der Waals surface area contributed by atoms with Crippen LogP contribution in [0.5, 0.6) is 11.5 Å². The van der Waals surface area contributed by atoms with Crippen LogP contribution in [0.3, 0.4) is 0 Å². The SMILES string of the molecule is O=C(CCNC(=O)c1cccs1)Nc1ccc2c(c1)OC1(CCCC1)O2. The number of amides is 2. The van der Waals surface area contributed by atoms with Gasteiger partial charge in [-0.1, -0.05) is 6.07 Å². The normalized spacial score (nSPS) is 16.6. The molecule has 7 heteroatoms. The molecule has 0 radical (unpaired) electrons. The zero-order valence-corrected chi connectivity index (χ0v) is 15.1. The summed E-state index contributed by atoms with van der Waals surface area (Å²) in [6, 6.07) is 9.00. The van der Waals surface area contributed by atoms with Gasteiger partial charge in [-0.3, -0.25) is 9.59 Å². The predicted molar refractivity (Wildman–Crippen MR) is 98.8 cm³/mol. The number of hydrogen-bond acceptors (Lipinski definition) is 5. The Balaban J connectivity index is 1.28. The van der Waals surface area contributed by atoms with Crippen molar-refractivity contribution in [2.45, 2.75) is 37.9 Å². The van der Waals surface area contributed by atoms with Crippen molar-refractivity contribution >= 4 is 28.8 Å². The first-order valence-electron chi connectivity index (χ1n) is 8.77. The highest BCUT2D eigenvalue weighted by Crippen LogP contribution is 2.47. The van der Waals surface area contributed by atoms with Gasteiger partial charge in [0.15, 0.2) is 11.5 Å². The first-order chi connectivity index (χ1) is 12.6. The van der Waals surface area contributed by atoms with Crippen molar-refractivity contribution in [3.05, 3.63) is 40.6 Å². The molecule has 0 saturated heterocycles. The van der Waals surface area contributed by atoms with Crippen LogP contribution in [0.25, 0.3) is 0 Å². The van der Waals surface area contributed by atoms with Gasteiger partial charge in [-0.05, 0) is 36.4 Å². The lowest BCUT2D eigenvalue weighted by Gasteiger charge is -2.21. The van der Waals surface area contributed by atoms with Gasteiger partial charge in [0, 0.05) is 37.6 Å². The molecule has 1 aromatic heterocycles. The number of nitrogens with one attached hydrogen (secondary N) is 2. The zero-order chi connectivity index (χ0) is 18.0. The molecular weight excluding hydrogens is 352 g/mol. The van der Waals surface area contributed by atoms with E-state index in [1.807, 2.05) is 17.5 Å². The highest BCUT2D eigenvalue weighted by Gasteiger charge is 2.44. The topological polar surface area (TPSA) is 76.7 Å². The Kier molecular flexibility index (Phi) is 4.55. The summed E-state index contributed by atoms with van der Waals surface area (Å²) in [5.74, 6) is 0.587. The molecule has 2 N–H and O–H groups in total. The lowest BCUT2D eigenvalue weighted by molar-refractivity contribution is -0.116. The fraction of sp³-hybridized carbons (Fsp3) is 0.368. The van der Waals surface area contributed by atoms with Gasteiger partial charge in [0.1, 0.15) is 0 Å². The maximum absolute atomic E-state index is 12.1. The van der Waals surface area contributed by atoms with Gasteiger partial charge in [-0.25, -0.2) is 0 Å². The maximum atomic E-state index is 12.1. The molecule has 1 aromatic carbocycles. The van der Waals surface area contributed by atoms with Crippen LogP contribution in [0.2, 0.25) is 0 Å². The molecule has 1 spiro atoms. The lowest BCUT2D eigenvalue weighted by atomic mass is 10.2. The number of carbonyl (C=O) groups excluding carboxylic acids is 2. The smallest absolute Gasteiger partial charge is 0.261 e. The van der Waals surface area contributed by atoms with Crippen LogP contribution in [0, 0.1) is 0 Å². The van der Waals surface area contributed by atoms with Gasteiger partial charge >= 0.3 is 0 Å². The number of carbonyl (C=O) groups is 2. The minimum absolute atomic E-state index is 0.155. The summed E-state index contributed by atoms with van der Waals surface area (Å²) in [5.41, 5.74) is 0.664. The van der Waals surface area contributed by atoms with Gasteiger partial charge in [-0.2, -0.15) is 0 Å². The zero-order valence-electron chi connectivity index (χ0n) is 14.2. The van der Waals surface area contributed by atoms with E-state index in [9.17, 15) is 9.59 Å². The second-order valence-electron chi connectivity index (χ2n) is 6.51. The number of rotatable bonds is 5. The van der Waals surface area contributed by atoms with E-state index in [4.69, 9.17) is 9.47 Å². The second kappa shape index (κ2) is 6.99. The molecule has 1 aliphatic heterocycles. The Morgan fingerprint density at radius 2 is 1.92 bits per heavy atom. The van der Waals surface area contributed by atoms with Crippen LogP contribution in [0.4, 0.5) is 5.69 Å². The second-order valence-corrected chi connectivity index (χ2v) is 7.46. The van der Waals surface area contributed by atoms with Gasteiger partial charge in [0.2, 0.25) is 5.91 Å². The molecule has 2 heterocycles. The van der Waals surface area contributed by atoms with Crippen LogP contribution in [0.15, 0.2) is 35.7 Å². The molecule has 2 amide bonds. The molecule has 136 valence electrons. The Labute approximate surface area is 155 Å². The Morgan fingerprint density at radius 3 is 2.69 bits per heavy atom. The average molecular weight is 372 g/mol. The van der Waals surface area contributed by atoms with E-state index in [0.717, 1.165) is 31.4 Å². The van der Waals surface area contributed by atoms with E-state index in [0.29, 0.717) is 16.3 Å². The number of thiophene rings is 1. The van der Waals surface area contributed by atoms with Gasteiger partial charge in [0.25, 0.3) is 11.7 Å². The van der Waals surface area contributed by atoms with Gasteiger partial charge in [-0.15, -0.1) is 11.3 Å². The molecular formula is C19H20N2O4S. The van der Waals surface area contributed by atoms with Crippen molar-refractivity contribution in [3.63, 3.8) is 0 Å². The summed E-state index contributed by atoms with van der Waals surface area (Å²) in [7, 11) is 0. The summed E-state index contributed by atoms with van der Waals surface area (Å²) in [6.45, 7) is 0.288. The first kappa shape index (κ1) is 16.9. The standard InChI is InChI=1S/C19H20N2O4S/c22-17(7-10-20-18(23)16-4-3-11-26-16)21-13-5-6-14-15(12-13)25-19(24-14)8-1-2-9-19/h3-6,11-12H,1-2,7-10H2,(H,20,23)(H,21,22). The molecule has 0 bridgehead atoms. The minimum atomic E-state index is -0.503. The molecule has 0 unspecified atom stereocenters. The highest BCUT2D eigenvalue weighted by atomic mass is 32.1. The molecule has 1 saturated carbocycles. The fourth-order valence-electron chi connectivity index (χ4n) is 3.30. The summed E-state index contributed by atoms with van der Waals surface area (Å²) >= 11 is 1.37. The quantitative estimate of drug-likeness (QED) is 0.842. The Bertz CT molecular complexity index is 813. The van der Waals surface area contributed by atoms with Crippen molar-refractivity contribution in [2.24, 2.45) is 0 Å². The Hall–Kier alpha value is -2.54. The number of benzene rings is 1. The number of anilines is 1.